The van der Waals surface area contributed by atoms with Gasteiger partial charge in [-0.05, 0) is 114 Å². The molecule has 256 valence electrons. The molecule has 3 aromatic rings. The maximum absolute atomic E-state index is 14.3. The maximum atomic E-state index is 14.3. The minimum Gasteiger partial charge on any atom is -0.356 e. The summed E-state index contributed by atoms with van der Waals surface area (Å²) in [7, 11) is 0. The molecule has 5 rings (SSSR count). The van der Waals surface area contributed by atoms with Crippen LogP contribution in [0.15, 0.2) is 47.3 Å². The number of aromatic nitrogens is 2. The fourth-order valence-corrected chi connectivity index (χ4v) is 6.84. The molecule has 1 saturated heterocycles. The van der Waals surface area contributed by atoms with E-state index < -0.39 is 29.5 Å². The van der Waals surface area contributed by atoms with E-state index >= 15 is 0 Å². The number of hydrogen-bond donors (Lipinski definition) is 0. The smallest absolute Gasteiger partial charge is 0.356 e. The fourth-order valence-electron chi connectivity index (χ4n) is 6.84. The van der Waals surface area contributed by atoms with Gasteiger partial charge in [0.1, 0.15) is 17.5 Å². The molecule has 12 heteroatoms. The van der Waals surface area contributed by atoms with E-state index in [1.807, 2.05) is 11.8 Å². The van der Waals surface area contributed by atoms with Crippen LogP contribution in [0.1, 0.15) is 81.1 Å². The number of anilines is 1. The molecule has 3 heterocycles. The van der Waals surface area contributed by atoms with Crippen molar-refractivity contribution < 1.29 is 22.4 Å². The Kier molecular flexibility index (Phi) is 10.6. The molecule has 2 aromatic carbocycles. The first-order valence-electron chi connectivity index (χ1n) is 16.6. The number of benzene rings is 2. The molecule has 1 atom stereocenters. The van der Waals surface area contributed by atoms with Crippen LogP contribution in [-0.4, -0.2) is 64.0 Å². The summed E-state index contributed by atoms with van der Waals surface area (Å²) < 4.78 is 56.3. The summed E-state index contributed by atoms with van der Waals surface area (Å²) in [4.78, 5) is 39.6. The summed E-state index contributed by atoms with van der Waals surface area (Å²) in [5.74, 6) is -0.825. The molecule has 48 heavy (non-hydrogen) atoms. The third kappa shape index (κ3) is 7.41. The molecule has 0 unspecified atom stereocenters. The predicted molar refractivity (Wildman–Crippen MR) is 175 cm³/mol. The second kappa shape index (κ2) is 14.5. The van der Waals surface area contributed by atoms with Gasteiger partial charge < -0.3 is 14.7 Å². The van der Waals surface area contributed by atoms with E-state index in [1.54, 1.807) is 36.1 Å². The van der Waals surface area contributed by atoms with E-state index in [4.69, 9.17) is 4.98 Å². The van der Waals surface area contributed by atoms with Crippen LogP contribution in [0.4, 0.5) is 23.4 Å². The van der Waals surface area contributed by atoms with Gasteiger partial charge in [-0.15, -0.1) is 0 Å². The molecule has 0 aliphatic carbocycles. The van der Waals surface area contributed by atoms with Gasteiger partial charge in [0.15, 0.2) is 0 Å². The summed E-state index contributed by atoms with van der Waals surface area (Å²) >= 11 is 0. The lowest BCUT2D eigenvalue weighted by molar-refractivity contribution is -0.140. The molecular formula is C36H42F4N6O2. The minimum atomic E-state index is -4.91. The summed E-state index contributed by atoms with van der Waals surface area (Å²) in [6, 6.07) is 10.9. The molecule has 0 bridgehead atoms. The van der Waals surface area contributed by atoms with Crippen molar-refractivity contribution in [1.29, 1.82) is 5.26 Å². The van der Waals surface area contributed by atoms with Crippen LogP contribution in [-0.2, 0) is 23.8 Å². The van der Waals surface area contributed by atoms with Crippen LogP contribution in [0, 0.1) is 23.1 Å². The average molecular weight is 667 g/mol. The van der Waals surface area contributed by atoms with Crippen LogP contribution in [0.3, 0.4) is 0 Å². The average Bonchev–Trinajstić information content (AvgIpc) is 3.07. The van der Waals surface area contributed by atoms with Crippen LogP contribution in [0.2, 0.25) is 0 Å². The first kappa shape index (κ1) is 35.1. The number of nitrogens with zero attached hydrogens (tertiary/aromatic N) is 6. The van der Waals surface area contributed by atoms with E-state index in [0.29, 0.717) is 60.1 Å². The second-order valence-corrected chi connectivity index (χ2v) is 13.0. The summed E-state index contributed by atoms with van der Waals surface area (Å²) in [6.07, 6.45) is -2.30. The minimum absolute atomic E-state index is 0.0422. The Morgan fingerprint density at radius 3 is 2.38 bits per heavy atom. The first-order chi connectivity index (χ1) is 22.8. The zero-order valence-electron chi connectivity index (χ0n) is 27.9. The van der Waals surface area contributed by atoms with Gasteiger partial charge in [0, 0.05) is 25.7 Å². The van der Waals surface area contributed by atoms with Crippen molar-refractivity contribution in [2.45, 2.75) is 78.1 Å². The lowest BCUT2D eigenvalue weighted by Crippen LogP contribution is -2.45. The van der Waals surface area contributed by atoms with Gasteiger partial charge in [0.05, 0.1) is 40.9 Å². The maximum Gasteiger partial charge on any atom is 0.419 e. The zero-order chi connectivity index (χ0) is 34.7. The predicted octanol–water partition coefficient (Wildman–Crippen LogP) is 6.29. The molecule has 2 aliphatic rings. The Morgan fingerprint density at radius 2 is 1.77 bits per heavy atom. The largest absolute Gasteiger partial charge is 0.419 e. The Hall–Kier alpha value is -4.24. The number of fused-ring (bicyclic) bond motifs is 1. The van der Waals surface area contributed by atoms with E-state index in [-0.39, 0.29) is 23.5 Å². The summed E-state index contributed by atoms with van der Waals surface area (Å²) in [5, 5.41) is 9.38. The highest BCUT2D eigenvalue weighted by atomic mass is 19.4. The van der Waals surface area contributed by atoms with Gasteiger partial charge in [-0.25, -0.2) is 9.37 Å². The number of halogens is 4. The monoisotopic (exact) mass is 666 g/mol. The molecule has 0 saturated carbocycles. The van der Waals surface area contributed by atoms with Crippen LogP contribution in [0.25, 0.3) is 5.69 Å². The Balaban J connectivity index is 1.59. The lowest BCUT2D eigenvalue weighted by Gasteiger charge is -2.39. The highest BCUT2D eigenvalue weighted by Crippen LogP contribution is 2.33. The molecule has 1 amide bonds. The first-order valence-corrected chi connectivity index (χ1v) is 16.6. The molecule has 1 aromatic heterocycles. The quantitative estimate of drug-likeness (QED) is 0.250. The molecule has 2 aliphatic heterocycles. The van der Waals surface area contributed by atoms with Crippen molar-refractivity contribution in [2.24, 2.45) is 5.92 Å². The molecule has 0 spiro atoms. The van der Waals surface area contributed by atoms with Gasteiger partial charge in [0.25, 0.3) is 5.56 Å². The number of carbonyl (C=O) groups excluding carboxylic acids is 1. The van der Waals surface area contributed by atoms with Gasteiger partial charge >= 0.3 is 6.18 Å². The van der Waals surface area contributed by atoms with Crippen LogP contribution < -0.4 is 10.5 Å². The van der Waals surface area contributed by atoms with Crippen molar-refractivity contribution in [3.05, 3.63) is 86.7 Å². The van der Waals surface area contributed by atoms with Gasteiger partial charge in [-0.2, -0.15) is 18.4 Å². The van der Waals surface area contributed by atoms with Gasteiger partial charge in [-0.1, -0.05) is 6.07 Å². The molecule has 0 N–H and O–H groups in total. The third-order valence-corrected chi connectivity index (χ3v) is 9.66. The lowest BCUT2D eigenvalue weighted by atomic mass is 9.94. The Bertz CT molecular complexity index is 1720. The van der Waals surface area contributed by atoms with Gasteiger partial charge in [0.2, 0.25) is 5.91 Å². The zero-order valence-corrected chi connectivity index (χ0v) is 27.9. The molecule has 8 nitrogen and oxygen atoms in total. The number of hydrogen-bond acceptors (Lipinski definition) is 6. The number of nitriles is 1. The molecule has 1 fully saturated rings. The topological polar surface area (TPSA) is 85.5 Å². The number of piperidine rings is 1. The van der Waals surface area contributed by atoms with Crippen LogP contribution in [0.5, 0.6) is 0 Å². The van der Waals surface area contributed by atoms with Crippen molar-refractivity contribution in [1.82, 2.24) is 19.4 Å². The van der Waals surface area contributed by atoms with Gasteiger partial charge in [-0.3, -0.25) is 14.2 Å². The number of carbonyl (C=O) groups is 1. The second-order valence-electron chi connectivity index (χ2n) is 13.0. The highest BCUT2D eigenvalue weighted by molar-refractivity contribution is 5.79. The third-order valence-electron chi connectivity index (χ3n) is 9.66. The standard InChI is InChI=1S/C36H42F4N6O2/c1-5-43-16-6-7-29-34(43)42-33(46(35(29)48)28-11-8-25(21-41)9-12-28)24(4)45(22-26-14-17-44(18-15-26)23(2)3)32(47)20-27-10-13-31(37)30(19-27)36(38,39)40/h8-13,19,23-24,26H,5-7,14-18,20,22H2,1-4H3/t24-/m1/s1. The number of likely N-dealkylation sites (tertiary alicyclic amines) is 1. The SMILES string of the molecule is CCN1CCCc2c1nc([C@@H](C)N(CC1CCN(C(C)C)CC1)C(=O)Cc1ccc(F)c(C(F)(F)F)c1)n(-c1ccc(C#N)cc1)c2=O. The van der Waals surface area contributed by atoms with E-state index in [2.05, 4.69) is 24.8 Å². The number of alkyl halides is 3. The van der Waals surface area contributed by atoms with E-state index in [9.17, 15) is 32.4 Å². The summed E-state index contributed by atoms with van der Waals surface area (Å²) in [5.41, 5.74) is -0.133. The van der Waals surface area contributed by atoms with E-state index in [0.717, 1.165) is 45.0 Å². The normalized spacial score (nSPS) is 16.5. The number of amides is 1. The Labute approximate surface area is 278 Å². The van der Waals surface area contributed by atoms with E-state index in [1.165, 1.54) is 10.6 Å². The van der Waals surface area contributed by atoms with Crippen molar-refractivity contribution in [3.63, 3.8) is 0 Å². The number of rotatable bonds is 9. The summed E-state index contributed by atoms with van der Waals surface area (Å²) in [6.45, 7) is 11.4. The molecular weight excluding hydrogens is 624 g/mol. The Morgan fingerprint density at radius 1 is 1.08 bits per heavy atom. The van der Waals surface area contributed by atoms with Crippen molar-refractivity contribution in [3.8, 4) is 11.8 Å². The van der Waals surface area contributed by atoms with Crippen LogP contribution >= 0.6 is 0 Å². The fraction of sp³-hybridized carbons (Fsp3) is 0.500. The van der Waals surface area contributed by atoms with Crippen molar-refractivity contribution in [2.75, 3.05) is 37.6 Å². The highest BCUT2D eigenvalue weighted by Gasteiger charge is 2.36. The van der Waals surface area contributed by atoms with Crippen molar-refractivity contribution >= 4 is 11.7 Å². The molecule has 0 radical (unpaired) electrons.